The lowest BCUT2D eigenvalue weighted by Gasteiger charge is -2.17. The minimum Gasteiger partial charge on any atom is -0.493 e. The monoisotopic (exact) mass is 366 g/mol. The van der Waals surface area contributed by atoms with Crippen LogP contribution in [0.2, 0.25) is 5.02 Å². The van der Waals surface area contributed by atoms with E-state index in [4.69, 9.17) is 16.3 Å². The Morgan fingerprint density at radius 3 is 2.90 bits per heavy atom. The van der Waals surface area contributed by atoms with E-state index in [1.54, 1.807) is 0 Å². The summed E-state index contributed by atoms with van der Waals surface area (Å²) in [6.45, 7) is 0.821. The largest absolute Gasteiger partial charge is 0.493 e. The van der Waals surface area contributed by atoms with Gasteiger partial charge in [-0.2, -0.15) is 0 Å². The Labute approximate surface area is 137 Å². The number of halogens is 2. The molecule has 0 saturated carbocycles. The van der Waals surface area contributed by atoms with Gasteiger partial charge in [0.2, 0.25) is 0 Å². The molecule has 1 aliphatic rings. The van der Waals surface area contributed by atoms with E-state index in [1.807, 2.05) is 24.3 Å². The van der Waals surface area contributed by atoms with Crippen LogP contribution in [0.15, 0.2) is 40.9 Å². The first-order chi connectivity index (χ1) is 10.2. The van der Waals surface area contributed by atoms with Gasteiger partial charge < -0.3 is 9.84 Å². The summed E-state index contributed by atoms with van der Waals surface area (Å²) in [6.07, 6.45) is 1.68. The van der Waals surface area contributed by atoms with Gasteiger partial charge in [-0.1, -0.05) is 39.7 Å². The van der Waals surface area contributed by atoms with Crippen molar-refractivity contribution in [3.8, 4) is 5.75 Å². The molecule has 1 N–H and O–H groups in total. The average Bonchev–Trinajstić information content (AvgIpc) is 2.92. The lowest BCUT2D eigenvalue weighted by Crippen LogP contribution is -2.08. The molecule has 0 spiro atoms. The molecule has 1 unspecified atom stereocenters. The first kappa shape index (κ1) is 14.9. The van der Waals surface area contributed by atoms with Gasteiger partial charge >= 0.3 is 0 Å². The molecule has 1 atom stereocenters. The van der Waals surface area contributed by atoms with Crippen LogP contribution < -0.4 is 4.74 Å². The minimum atomic E-state index is 0.0197. The lowest BCUT2D eigenvalue weighted by atomic mass is 9.91. The van der Waals surface area contributed by atoms with E-state index < -0.39 is 0 Å². The van der Waals surface area contributed by atoms with E-state index >= 15 is 0 Å². The number of hydrogen-bond donors (Lipinski definition) is 1. The zero-order valence-corrected chi connectivity index (χ0v) is 13.8. The van der Waals surface area contributed by atoms with Crippen LogP contribution in [0.5, 0.6) is 5.75 Å². The van der Waals surface area contributed by atoms with Gasteiger partial charge in [0, 0.05) is 21.8 Å². The maximum absolute atomic E-state index is 9.75. The highest BCUT2D eigenvalue weighted by Crippen LogP contribution is 2.36. The Morgan fingerprint density at radius 2 is 2.14 bits per heavy atom. The Bertz CT molecular complexity index is 657. The van der Waals surface area contributed by atoms with Crippen molar-refractivity contribution in [1.29, 1.82) is 0 Å². The average molecular weight is 368 g/mol. The van der Waals surface area contributed by atoms with E-state index in [1.165, 1.54) is 5.56 Å². The maximum atomic E-state index is 9.75. The Hall–Kier alpha value is -1.03. The summed E-state index contributed by atoms with van der Waals surface area (Å²) in [5, 5.41) is 10.4. The summed E-state index contributed by atoms with van der Waals surface area (Å²) < 4.78 is 6.82. The van der Waals surface area contributed by atoms with Gasteiger partial charge in [-0.3, -0.25) is 0 Å². The molecule has 1 aliphatic heterocycles. The normalized spacial score (nSPS) is 14.6. The van der Waals surface area contributed by atoms with Crippen LogP contribution in [0.25, 0.3) is 0 Å². The van der Waals surface area contributed by atoms with Crippen LogP contribution in [0.3, 0.4) is 0 Å². The van der Waals surface area contributed by atoms with Crippen LogP contribution in [0, 0.1) is 0 Å². The summed E-state index contributed by atoms with van der Waals surface area (Å²) in [5.74, 6) is 1.00. The third-order valence-electron chi connectivity index (χ3n) is 3.83. The zero-order chi connectivity index (χ0) is 14.8. The highest BCUT2D eigenvalue weighted by molar-refractivity contribution is 9.10. The van der Waals surface area contributed by atoms with Crippen molar-refractivity contribution in [2.45, 2.75) is 18.8 Å². The van der Waals surface area contributed by atoms with E-state index in [0.717, 1.165) is 40.8 Å². The predicted molar refractivity (Wildman–Crippen MR) is 88.3 cm³/mol. The number of aliphatic hydroxyl groups is 1. The molecule has 0 radical (unpaired) electrons. The third kappa shape index (κ3) is 3.25. The smallest absolute Gasteiger partial charge is 0.125 e. The van der Waals surface area contributed by atoms with E-state index in [-0.39, 0.29) is 12.5 Å². The molecule has 2 aromatic rings. The lowest BCUT2D eigenvalue weighted by molar-refractivity contribution is 0.263. The standard InChI is InChI=1S/C17H16BrClO2/c18-15-7-12-4-5-21-17(12)13(8-15)6-14(10-20)11-2-1-3-16(19)9-11/h1-3,7-9,14,20H,4-6,10H2. The van der Waals surface area contributed by atoms with Crippen molar-refractivity contribution in [2.75, 3.05) is 13.2 Å². The molecule has 0 bridgehead atoms. The van der Waals surface area contributed by atoms with Crippen LogP contribution in [-0.4, -0.2) is 18.3 Å². The number of fused-ring (bicyclic) bond motifs is 1. The van der Waals surface area contributed by atoms with E-state index in [9.17, 15) is 5.11 Å². The van der Waals surface area contributed by atoms with Crippen molar-refractivity contribution in [3.63, 3.8) is 0 Å². The van der Waals surface area contributed by atoms with Gasteiger partial charge in [-0.05, 0) is 47.4 Å². The van der Waals surface area contributed by atoms with Crippen molar-refractivity contribution in [2.24, 2.45) is 0 Å². The molecule has 0 fully saturated rings. The molecule has 2 nitrogen and oxygen atoms in total. The fourth-order valence-corrected chi connectivity index (χ4v) is 3.56. The summed E-state index contributed by atoms with van der Waals surface area (Å²) >= 11 is 9.61. The second-order valence-corrected chi connectivity index (χ2v) is 6.64. The molecule has 1 heterocycles. The quantitative estimate of drug-likeness (QED) is 0.870. The van der Waals surface area contributed by atoms with Gasteiger partial charge in [-0.15, -0.1) is 0 Å². The molecule has 0 amide bonds. The van der Waals surface area contributed by atoms with E-state index in [2.05, 4.69) is 28.1 Å². The van der Waals surface area contributed by atoms with Crippen molar-refractivity contribution < 1.29 is 9.84 Å². The number of benzene rings is 2. The highest BCUT2D eigenvalue weighted by atomic mass is 79.9. The molecule has 21 heavy (non-hydrogen) atoms. The molecule has 0 aliphatic carbocycles. The van der Waals surface area contributed by atoms with Crippen molar-refractivity contribution in [3.05, 3.63) is 62.6 Å². The Kier molecular flexibility index (Phi) is 4.53. The van der Waals surface area contributed by atoms with Gasteiger partial charge in [0.25, 0.3) is 0 Å². The minimum absolute atomic E-state index is 0.0197. The first-order valence-corrected chi connectivity index (χ1v) is 8.15. The second-order valence-electron chi connectivity index (χ2n) is 5.29. The second kappa shape index (κ2) is 6.39. The molecule has 2 aromatic carbocycles. The molecular formula is C17H16BrClO2. The van der Waals surface area contributed by atoms with Crippen molar-refractivity contribution in [1.82, 2.24) is 0 Å². The first-order valence-electron chi connectivity index (χ1n) is 6.98. The van der Waals surface area contributed by atoms with Gasteiger partial charge in [0.15, 0.2) is 0 Å². The number of rotatable bonds is 4. The van der Waals surface area contributed by atoms with Gasteiger partial charge in [0.1, 0.15) is 5.75 Å². The number of hydrogen-bond acceptors (Lipinski definition) is 2. The molecule has 110 valence electrons. The maximum Gasteiger partial charge on any atom is 0.125 e. The van der Waals surface area contributed by atoms with Gasteiger partial charge in [-0.25, -0.2) is 0 Å². The third-order valence-corrected chi connectivity index (χ3v) is 4.53. The molecule has 3 rings (SSSR count). The fraction of sp³-hybridized carbons (Fsp3) is 0.294. The highest BCUT2D eigenvalue weighted by Gasteiger charge is 2.21. The Morgan fingerprint density at radius 1 is 1.29 bits per heavy atom. The summed E-state index contributed by atoms with van der Waals surface area (Å²) in [5.41, 5.74) is 3.43. The summed E-state index contributed by atoms with van der Waals surface area (Å²) in [7, 11) is 0. The number of ether oxygens (including phenoxy) is 1. The predicted octanol–water partition coefficient (Wildman–Crippen LogP) is 4.36. The molecule has 0 aromatic heterocycles. The topological polar surface area (TPSA) is 29.5 Å². The van der Waals surface area contributed by atoms with Crippen LogP contribution in [0.4, 0.5) is 0 Å². The zero-order valence-electron chi connectivity index (χ0n) is 11.5. The summed E-state index contributed by atoms with van der Waals surface area (Å²) in [6, 6.07) is 11.9. The molecule has 0 saturated heterocycles. The number of aliphatic hydroxyl groups excluding tert-OH is 1. The van der Waals surface area contributed by atoms with Crippen LogP contribution >= 0.6 is 27.5 Å². The van der Waals surface area contributed by atoms with E-state index in [0.29, 0.717) is 5.02 Å². The molecular weight excluding hydrogens is 352 g/mol. The Balaban J connectivity index is 1.91. The summed E-state index contributed by atoms with van der Waals surface area (Å²) in [4.78, 5) is 0. The fourth-order valence-electron chi connectivity index (χ4n) is 2.81. The molecule has 4 heteroatoms. The van der Waals surface area contributed by atoms with Crippen LogP contribution in [-0.2, 0) is 12.8 Å². The van der Waals surface area contributed by atoms with Crippen molar-refractivity contribution >= 4 is 27.5 Å². The van der Waals surface area contributed by atoms with Crippen LogP contribution in [0.1, 0.15) is 22.6 Å². The SMILES string of the molecule is OCC(Cc1cc(Br)cc2c1OCC2)c1cccc(Cl)c1. The van der Waals surface area contributed by atoms with Gasteiger partial charge in [0.05, 0.1) is 13.2 Å².